The van der Waals surface area contributed by atoms with Crippen molar-refractivity contribution in [3.63, 3.8) is 0 Å². The smallest absolute Gasteiger partial charge is 0.185 e. The summed E-state index contributed by atoms with van der Waals surface area (Å²) in [4.78, 5) is 16.6. The van der Waals surface area contributed by atoms with Gasteiger partial charge < -0.3 is 0 Å². The Labute approximate surface area is 144 Å². The fraction of sp³-hybridized carbons (Fsp3) is 0.350. The van der Waals surface area contributed by atoms with Gasteiger partial charge in [0.05, 0.1) is 5.56 Å². The Morgan fingerprint density at radius 1 is 1.24 bits per heavy atom. The SMILES string of the molecule is Cc1cccc2nc(-c3ccc(C4C[C@H]4C(=O)C4CC4)cc3F)nn12. The number of ketones is 1. The Morgan fingerprint density at radius 3 is 2.80 bits per heavy atom. The number of carbonyl (C=O) groups excluding carboxylic acids is 1. The summed E-state index contributed by atoms with van der Waals surface area (Å²) < 4.78 is 16.4. The topological polar surface area (TPSA) is 47.3 Å². The Morgan fingerprint density at radius 2 is 2.08 bits per heavy atom. The summed E-state index contributed by atoms with van der Waals surface area (Å²) >= 11 is 0. The van der Waals surface area contributed by atoms with Crippen LogP contribution in [-0.4, -0.2) is 20.4 Å². The first-order chi connectivity index (χ1) is 12.1. The first-order valence-corrected chi connectivity index (χ1v) is 8.78. The number of rotatable bonds is 4. The Bertz CT molecular complexity index is 1010. The van der Waals surface area contributed by atoms with Crippen molar-refractivity contribution in [3.05, 3.63) is 53.5 Å². The Hall–Kier alpha value is -2.56. The van der Waals surface area contributed by atoms with Gasteiger partial charge in [-0.25, -0.2) is 13.9 Å². The molecule has 5 heteroatoms. The average Bonchev–Trinajstić information content (AvgIpc) is 3.51. The molecule has 0 saturated heterocycles. The fourth-order valence-corrected chi connectivity index (χ4v) is 3.64. The quantitative estimate of drug-likeness (QED) is 0.726. The minimum atomic E-state index is -0.324. The average molecular weight is 335 g/mol. The number of halogens is 1. The number of hydrogen-bond donors (Lipinski definition) is 0. The minimum Gasteiger partial charge on any atom is -0.299 e. The number of aromatic nitrogens is 3. The molecule has 2 heterocycles. The summed E-state index contributed by atoms with van der Waals surface area (Å²) in [5, 5.41) is 4.42. The van der Waals surface area contributed by atoms with Gasteiger partial charge in [-0.15, -0.1) is 5.10 Å². The van der Waals surface area contributed by atoms with Crippen LogP contribution in [0.25, 0.3) is 17.0 Å². The maximum Gasteiger partial charge on any atom is 0.185 e. The molecule has 0 spiro atoms. The van der Waals surface area contributed by atoms with E-state index in [0.29, 0.717) is 22.8 Å². The molecule has 2 aromatic heterocycles. The molecule has 2 aliphatic carbocycles. The fourth-order valence-electron chi connectivity index (χ4n) is 3.64. The third kappa shape index (κ3) is 2.46. The van der Waals surface area contributed by atoms with Gasteiger partial charge in [0, 0.05) is 17.5 Å². The van der Waals surface area contributed by atoms with Gasteiger partial charge in [0.2, 0.25) is 0 Å². The van der Waals surface area contributed by atoms with Crippen molar-refractivity contribution in [2.24, 2.45) is 11.8 Å². The third-order valence-corrected chi connectivity index (χ3v) is 5.35. The monoisotopic (exact) mass is 335 g/mol. The number of aryl methyl sites for hydroxylation is 1. The van der Waals surface area contributed by atoms with Crippen LogP contribution in [0.5, 0.6) is 0 Å². The molecule has 126 valence electrons. The Balaban J connectivity index is 1.45. The van der Waals surface area contributed by atoms with Crippen LogP contribution in [0.2, 0.25) is 0 Å². The summed E-state index contributed by atoms with van der Waals surface area (Å²) in [6, 6.07) is 10.9. The number of carbonyl (C=O) groups is 1. The van der Waals surface area contributed by atoms with Crippen molar-refractivity contribution in [2.45, 2.75) is 32.1 Å². The molecule has 1 unspecified atom stereocenters. The first-order valence-electron chi connectivity index (χ1n) is 8.78. The van der Waals surface area contributed by atoms with Crippen LogP contribution < -0.4 is 0 Å². The molecule has 0 radical (unpaired) electrons. The molecular formula is C20H18FN3O. The number of hydrogen-bond acceptors (Lipinski definition) is 3. The second kappa shape index (κ2) is 5.22. The second-order valence-corrected chi connectivity index (χ2v) is 7.24. The number of Topliss-reactive ketones (excluding diaryl/α,β-unsaturated/α-hetero) is 1. The summed E-state index contributed by atoms with van der Waals surface area (Å²) in [6.45, 7) is 1.94. The number of fused-ring (bicyclic) bond motifs is 1. The van der Waals surface area contributed by atoms with Crippen molar-refractivity contribution < 1.29 is 9.18 Å². The number of nitrogens with zero attached hydrogens (tertiary/aromatic N) is 3. The zero-order valence-corrected chi connectivity index (χ0v) is 13.9. The zero-order valence-electron chi connectivity index (χ0n) is 13.9. The summed E-state index contributed by atoms with van der Waals surface area (Å²) in [5.41, 5.74) is 2.97. The van der Waals surface area contributed by atoms with Gasteiger partial charge in [-0.1, -0.05) is 12.1 Å². The molecule has 0 bridgehead atoms. The molecular weight excluding hydrogens is 317 g/mol. The summed E-state index contributed by atoms with van der Waals surface area (Å²) in [5.74, 6) is 1.02. The molecule has 4 nitrogen and oxygen atoms in total. The molecule has 2 atom stereocenters. The van der Waals surface area contributed by atoms with Crippen LogP contribution in [0, 0.1) is 24.6 Å². The van der Waals surface area contributed by atoms with Gasteiger partial charge in [0.1, 0.15) is 11.6 Å². The van der Waals surface area contributed by atoms with Crippen LogP contribution in [0.15, 0.2) is 36.4 Å². The lowest BCUT2D eigenvalue weighted by Crippen LogP contribution is -2.04. The van der Waals surface area contributed by atoms with Gasteiger partial charge in [-0.05, 0) is 61.9 Å². The molecule has 2 fully saturated rings. The highest BCUT2D eigenvalue weighted by atomic mass is 19.1. The third-order valence-electron chi connectivity index (χ3n) is 5.35. The molecule has 2 aliphatic rings. The van der Waals surface area contributed by atoms with Gasteiger partial charge in [0.25, 0.3) is 0 Å². The minimum absolute atomic E-state index is 0.105. The van der Waals surface area contributed by atoms with E-state index in [1.165, 1.54) is 0 Å². The van der Waals surface area contributed by atoms with Crippen molar-refractivity contribution >= 4 is 11.4 Å². The van der Waals surface area contributed by atoms with E-state index < -0.39 is 0 Å². The van der Waals surface area contributed by atoms with E-state index in [0.717, 1.165) is 30.5 Å². The molecule has 0 N–H and O–H groups in total. The first kappa shape index (κ1) is 14.8. The Kier molecular flexibility index (Phi) is 3.08. The maximum absolute atomic E-state index is 14.7. The maximum atomic E-state index is 14.7. The lowest BCUT2D eigenvalue weighted by atomic mass is 10.0. The zero-order chi connectivity index (χ0) is 17.1. The van der Waals surface area contributed by atoms with E-state index in [1.807, 2.05) is 31.2 Å². The summed E-state index contributed by atoms with van der Waals surface area (Å²) in [7, 11) is 0. The van der Waals surface area contributed by atoms with E-state index in [4.69, 9.17) is 0 Å². The van der Waals surface area contributed by atoms with Crippen LogP contribution in [-0.2, 0) is 4.79 Å². The van der Waals surface area contributed by atoms with Crippen molar-refractivity contribution in [1.82, 2.24) is 14.6 Å². The van der Waals surface area contributed by atoms with Gasteiger partial charge in [-0.3, -0.25) is 4.79 Å². The molecule has 5 rings (SSSR count). The van der Waals surface area contributed by atoms with E-state index in [2.05, 4.69) is 10.1 Å². The highest BCUT2D eigenvalue weighted by Gasteiger charge is 2.48. The van der Waals surface area contributed by atoms with Crippen LogP contribution in [0.3, 0.4) is 0 Å². The molecule has 0 aliphatic heterocycles. The summed E-state index contributed by atoms with van der Waals surface area (Å²) in [6.07, 6.45) is 2.93. The lowest BCUT2D eigenvalue weighted by molar-refractivity contribution is -0.121. The van der Waals surface area contributed by atoms with Crippen LogP contribution >= 0.6 is 0 Å². The largest absolute Gasteiger partial charge is 0.299 e. The number of pyridine rings is 1. The molecule has 3 aromatic rings. The molecule has 25 heavy (non-hydrogen) atoms. The van der Waals surface area contributed by atoms with Gasteiger partial charge in [-0.2, -0.15) is 0 Å². The molecule has 2 saturated carbocycles. The normalized spacial score (nSPS) is 22.3. The molecule has 1 aromatic carbocycles. The van der Waals surface area contributed by atoms with Crippen molar-refractivity contribution in [1.29, 1.82) is 0 Å². The highest BCUT2D eigenvalue weighted by molar-refractivity contribution is 5.89. The van der Waals surface area contributed by atoms with Crippen molar-refractivity contribution in [2.75, 3.05) is 0 Å². The van der Waals surface area contributed by atoms with E-state index in [9.17, 15) is 9.18 Å². The van der Waals surface area contributed by atoms with Gasteiger partial charge >= 0.3 is 0 Å². The van der Waals surface area contributed by atoms with E-state index in [-0.39, 0.29) is 23.6 Å². The van der Waals surface area contributed by atoms with E-state index >= 15 is 0 Å². The van der Waals surface area contributed by atoms with Crippen molar-refractivity contribution in [3.8, 4) is 11.4 Å². The molecule has 0 amide bonds. The number of benzene rings is 1. The predicted octanol–water partition coefficient (Wildman–Crippen LogP) is 3.93. The second-order valence-electron chi connectivity index (χ2n) is 7.24. The standard InChI is InChI=1S/C20H18FN3O/c1-11-3-2-4-18-22-20(23-24(11)18)14-8-7-13(9-17(14)21)15-10-16(15)19(25)12-5-6-12/h2-4,7-9,12,15-16H,5-6,10H2,1H3/t15?,16-/m1/s1. The van der Waals surface area contributed by atoms with E-state index in [1.54, 1.807) is 16.6 Å². The lowest BCUT2D eigenvalue weighted by Gasteiger charge is -2.03. The van der Waals surface area contributed by atoms with Crippen LogP contribution in [0.1, 0.15) is 36.4 Å². The van der Waals surface area contributed by atoms with Crippen LogP contribution in [0.4, 0.5) is 4.39 Å². The van der Waals surface area contributed by atoms with Gasteiger partial charge in [0.15, 0.2) is 11.5 Å². The highest BCUT2D eigenvalue weighted by Crippen LogP contribution is 2.52. The predicted molar refractivity (Wildman–Crippen MR) is 91.7 cm³/mol.